The summed E-state index contributed by atoms with van der Waals surface area (Å²) >= 11 is 0. The standard InChI is InChI=1S/C10H19F3N2O3S/c1-3-14(4-2)19(17,18)15-7-5-9(16,6-8-15)10(11,12)13/h16H,3-8H2,1-2H3. The molecule has 9 heteroatoms. The summed E-state index contributed by atoms with van der Waals surface area (Å²) in [6, 6.07) is 0. The quantitative estimate of drug-likeness (QED) is 0.841. The second-order valence-electron chi connectivity index (χ2n) is 4.52. The molecule has 1 aliphatic rings. The molecule has 0 aromatic carbocycles. The molecule has 1 rings (SSSR count). The zero-order valence-corrected chi connectivity index (χ0v) is 11.8. The van der Waals surface area contributed by atoms with Gasteiger partial charge in [0.05, 0.1) is 0 Å². The lowest BCUT2D eigenvalue weighted by Gasteiger charge is -2.39. The van der Waals surface area contributed by atoms with Crippen LogP contribution in [0.25, 0.3) is 0 Å². The van der Waals surface area contributed by atoms with Crippen molar-refractivity contribution in [2.24, 2.45) is 0 Å². The van der Waals surface area contributed by atoms with Gasteiger partial charge < -0.3 is 5.11 Å². The monoisotopic (exact) mass is 304 g/mol. The van der Waals surface area contributed by atoms with Crippen molar-refractivity contribution >= 4 is 10.2 Å². The molecular weight excluding hydrogens is 285 g/mol. The first kappa shape index (κ1) is 16.7. The van der Waals surface area contributed by atoms with E-state index in [4.69, 9.17) is 0 Å². The van der Waals surface area contributed by atoms with Crippen molar-refractivity contribution in [3.05, 3.63) is 0 Å². The Morgan fingerprint density at radius 1 is 1.21 bits per heavy atom. The maximum Gasteiger partial charge on any atom is 0.417 e. The lowest BCUT2D eigenvalue weighted by molar-refractivity contribution is -0.270. The fraction of sp³-hybridized carbons (Fsp3) is 1.00. The summed E-state index contributed by atoms with van der Waals surface area (Å²) in [5.74, 6) is 0. The SMILES string of the molecule is CCN(CC)S(=O)(=O)N1CCC(O)(C(F)(F)F)CC1. The van der Waals surface area contributed by atoms with E-state index < -0.39 is 34.8 Å². The van der Waals surface area contributed by atoms with Gasteiger partial charge >= 0.3 is 6.18 Å². The average Bonchev–Trinajstić information content (AvgIpc) is 2.29. The topological polar surface area (TPSA) is 60.9 Å². The predicted octanol–water partition coefficient (Wildman–Crippen LogP) is 0.962. The van der Waals surface area contributed by atoms with Gasteiger partial charge in [0.1, 0.15) is 0 Å². The largest absolute Gasteiger partial charge is 0.417 e. The van der Waals surface area contributed by atoms with Crippen molar-refractivity contribution in [3.63, 3.8) is 0 Å². The highest BCUT2D eigenvalue weighted by molar-refractivity contribution is 7.86. The van der Waals surface area contributed by atoms with Gasteiger partial charge in [-0.15, -0.1) is 0 Å². The van der Waals surface area contributed by atoms with Crippen LogP contribution in [0.15, 0.2) is 0 Å². The van der Waals surface area contributed by atoms with Crippen molar-refractivity contribution in [1.29, 1.82) is 0 Å². The summed E-state index contributed by atoms with van der Waals surface area (Å²) in [7, 11) is -3.73. The summed E-state index contributed by atoms with van der Waals surface area (Å²) in [6.45, 7) is 3.20. The molecule has 5 nitrogen and oxygen atoms in total. The summed E-state index contributed by atoms with van der Waals surface area (Å²) < 4.78 is 64.2. The molecular formula is C10H19F3N2O3S. The number of aliphatic hydroxyl groups is 1. The van der Waals surface area contributed by atoms with Gasteiger partial charge in [-0.1, -0.05) is 13.8 Å². The highest BCUT2D eigenvalue weighted by Gasteiger charge is 2.55. The fourth-order valence-electron chi connectivity index (χ4n) is 2.08. The van der Waals surface area contributed by atoms with Crippen molar-refractivity contribution in [2.75, 3.05) is 26.2 Å². The molecule has 0 amide bonds. The molecule has 1 aliphatic heterocycles. The van der Waals surface area contributed by atoms with E-state index in [9.17, 15) is 26.7 Å². The van der Waals surface area contributed by atoms with Gasteiger partial charge in [-0.05, 0) is 12.8 Å². The molecule has 0 unspecified atom stereocenters. The number of halogens is 3. The zero-order valence-electron chi connectivity index (χ0n) is 10.9. The molecule has 0 atom stereocenters. The molecule has 114 valence electrons. The Kier molecular flexibility index (Phi) is 4.87. The van der Waals surface area contributed by atoms with Gasteiger partial charge in [-0.2, -0.15) is 30.2 Å². The van der Waals surface area contributed by atoms with Crippen LogP contribution in [0.3, 0.4) is 0 Å². The molecule has 1 saturated heterocycles. The molecule has 0 bridgehead atoms. The summed E-state index contributed by atoms with van der Waals surface area (Å²) in [5.41, 5.74) is -2.78. The van der Waals surface area contributed by atoms with E-state index in [0.29, 0.717) is 0 Å². The maximum atomic E-state index is 12.6. The number of alkyl halides is 3. The molecule has 0 aromatic heterocycles. The van der Waals surface area contributed by atoms with Crippen LogP contribution in [-0.2, 0) is 10.2 Å². The lowest BCUT2D eigenvalue weighted by atomic mass is 9.92. The third-order valence-corrected chi connectivity index (χ3v) is 5.62. The number of nitrogens with zero attached hydrogens (tertiary/aromatic N) is 2. The first-order valence-corrected chi connectivity index (χ1v) is 7.52. The minimum absolute atomic E-state index is 0.263. The molecule has 0 spiro atoms. The maximum absolute atomic E-state index is 12.6. The van der Waals surface area contributed by atoms with Gasteiger partial charge in [-0.25, -0.2) is 0 Å². The molecule has 19 heavy (non-hydrogen) atoms. The van der Waals surface area contributed by atoms with E-state index >= 15 is 0 Å². The van der Waals surface area contributed by atoms with Gasteiger partial charge in [0, 0.05) is 26.2 Å². The van der Waals surface area contributed by atoms with E-state index in [1.165, 1.54) is 4.31 Å². The number of rotatable bonds is 4. The van der Waals surface area contributed by atoms with Gasteiger partial charge in [0.2, 0.25) is 0 Å². The Morgan fingerprint density at radius 2 is 1.63 bits per heavy atom. The van der Waals surface area contributed by atoms with E-state index in [2.05, 4.69) is 0 Å². The Labute approximate surface area is 111 Å². The molecule has 1 fully saturated rings. The summed E-state index contributed by atoms with van der Waals surface area (Å²) in [5, 5.41) is 9.48. The average molecular weight is 304 g/mol. The van der Waals surface area contributed by atoms with Gasteiger partial charge in [-0.3, -0.25) is 0 Å². The predicted molar refractivity (Wildman–Crippen MR) is 63.7 cm³/mol. The van der Waals surface area contributed by atoms with E-state index in [0.717, 1.165) is 4.31 Å². The van der Waals surface area contributed by atoms with Crippen LogP contribution in [0, 0.1) is 0 Å². The van der Waals surface area contributed by atoms with Gasteiger partial charge in [0.25, 0.3) is 10.2 Å². The summed E-state index contributed by atoms with van der Waals surface area (Å²) in [4.78, 5) is 0. The number of hydrogen-bond donors (Lipinski definition) is 1. The third-order valence-electron chi connectivity index (χ3n) is 3.44. The van der Waals surface area contributed by atoms with E-state index in [1.807, 2.05) is 0 Å². The highest BCUT2D eigenvalue weighted by Crippen LogP contribution is 2.38. The molecule has 0 aromatic rings. The number of hydrogen-bond acceptors (Lipinski definition) is 3. The minimum Gasteiger partial charge on any atom is -0.380 e. The van der Waals surface area contributed by atoms with Crippen LogP contribution >= 0.6 is 0 Å². The van der Waals surface area contributed by atoms with Crippen LogP contribution in [0.4, 0.5) is 13.2 Å². The normalized spacial score (nSPS) is 21.8. The Morgan fingerprint density at radius 3 is 1.95 bits per heavy atom. The van der Waals surface area contributed by atoms with Crippen LogP contribution in [0.1, 0.15) is 26.7 Å². The van der Waals surface area contributed by atoms with Crippen LogP contribution in [-0.4, -0.2) is 60.1 Å². The van der Waals surface area contributed by atoms with Crippen molar-refractivity contribution < 1.29 is 26.7 Å². The Balaban J connectivity index is 2.79. The van der Waals surface area contributed by atoms with Crippen molar-refractivity contribution in [2.45, 2.75) is 38.5 Å². The first-order chi connectivity index (χ1) is 8.58. The first-order valence-electron chi connectivity index (χ1n) is 6.13. The van der Waals surface area contributed by atoms with Crippen LogP contribution in [0.2, 0.25) is 0 Å². The van der Waals surface area contributed by atoms with E-state index in [1.54, 1.807) is 13.8 Å². The highest BCUT2D eigenvalue weighted by atomic mass is 32.2. The second kappa shape index (κ2) is 5.55. The van der Waals surface area contributed by atoms with Crippen LogP contribution in [0.5, 0.6) is 0 Å². The Bertz CT molecular complexity index is 399. The van der Waals surface area contributed by atoms with Gasteiger partial charge in [0.15, 0.2) is 5.60 Å². The molecule has 0 saturated carbocycles. The van der Waals surface area contributed by atoms with Crippen LogP contribution < -0.4 is 0 Å². The smallest absolute Gasteiger partial charge is 0.380 e. The number of piperidine rings is 1. The third kappa shape index (κ3) is 3.21. The zero-order chi connectivity index (χ0) is 14.9. The Hall–Kier alpha value is -0.380. The second-order valence-corrected chi connectivity index (χ2v) is 6.45. The molecule has 1 heterocycles. The molecule has 1 N–H and O–H groups in total. The summed E-state index contributed by atoms with van der Waals surface area (Å²) in [6.07, 6.45) is -5.98. The molecule has 0 radical (unpaired) electrons. The van der Waals surface area contributed by atoms with E-state index in [-0.39, 0.29) is 26.2 Å². The van der Waals surface area contributed by atoms with Crippen molar-refractivity contribution in [3.8, 4) is 0 Å². The lowest BCUT2D eigenvalue weighted by Crippen LogP contribution is -2.56. The minimum atomic E-state index is -4.72. The molecule has 0 aliphatic carbocycles. The van der Waals surface area contributed by atoms with Crippen molar-refractivity contribution in [1.82, 2.24) is 8.61 Å². The fourth-order valence-corrected chi connectivity index (χ4v) is 3.71.